The fourth-order valence-corrected chi connectivity index (χ4v) is 3.89. The second kappa shape index (κ2) is 7.29. The monoisotopic (exact) mass is 386 g/mol. The number of rotatable bonds is 6. The molecule has 0 spiro atoms. The van der Waals surface area contributed by atoms with Gasteiger partial charge in [0.25, 0.3) is 5.69 Å². The highest BCUT2D eigenvalue weighted by Crippen LogP contribution is 2.31. The van der Waals surface area contributed by atoms with Crippen molar-refractivity contribution in [1.29, 1.82) is 0 Å². The van der Waals surface area contributed by atoms with Crippen molar-refractivity contribution in [2.24, 2.45) is 0 Å². The molecule has 27 heavy (non-hydrogen) atoms. The minimum atomic E-state index is -3.58. The van der Waals surface area contributed by atoms with Crippen LogP contribution in [-0.2, 0) is 16.6 Å². The highest BCUT2D eigenvalue weighted by molar-refractivity contribution is 7.89. The first kappa shape index (κ1) is 18.7. The van der Waals surface area contributed by atoms with Gasteiger partial charge in [0.15, 0.2) is 0 Å². The van der Waals surface area contributed by atoms with Gasteiger partial charge in [0.05, 0.1) is 15.2 Å². The average Bonchev–Trinajstić information content (AvgIpc) is 2.65. The molecule has 8 nitrogen and oxygen atoms in total. The number of benzene rings is 2. The van der Waals surface area contributed by atoms with E-state index in [1.807, 2.05) is 0 Å². The highest BCUT2D eigenvalue weighted by Gasteiger charge is 2.21. The molecule has 0 aliphatic carbocycles. The summed E-state index contributed by atoms with van der Waals surface area (Å²) in [7, 11) is -0.613. The normalized spacial score (nSPS) is 11.7. The van der Waals surface area contributed by atoms with Crippen molar-refractivity contribution in [2.45, 2.75) is 11.4 Å². The molecule has 1 heterocycles. The Labute approximate surface area is 156 Å². The minimum Gasteiger partial charge on any atom is -0.380 e. The first-order valence-corrected chi connectivity index (χ1v) is 9.52. The van der Waals surface area contributed by atoms with Gasteiger partial charge in [0.1, 0.15) is 0 Å². The average molecular weight is 386 g/mol. The lowest BCUT2D eigenvalue weighted by molar-refractivity contribution is -0.383. The summed E-state index contributed by atoms with van der Waals surface area (Å²) in [6.45, 7) is 0.248. The molecule has 0 aliphatic rings. The summed E-state index contributed by atoms with van der Waals surface area (Å²) >= 11 is 0. The number of nitro benzene ring substituents is 1. The van der Waals surface area contributed by atoms with E-state index in [0.717, 1.165) is 0 Å². The standard InChI is InChI=1S/C18H18N4O4S/c1-21(2)27(25,26)18-6-4-3-5-13(18)11-20-16-7-8-17(22(23)24)15-12-19-10-9-14(15)16/h3-10,12,20H,11H2,1-2H3. The smallest absolute Gasteiger partial charge is 0.278 e. The first-order valence-electron chi connectivity index (χ1n) is 8.08. The van der Waals surface area contributed by atoms with Crippen molar-refractivity contribution in [3.8, 4) is 0 Å². The van der Waals surface area contributed by atoms with Crippen LogP contribution in [0.25, 0.3) is 10.8 Å². The van der Waals surface area contributed by atoms with E-state index >= 15 is 0 Å². The third-order valence-electron chi connectivity index (χ3n) is 4.19. The molecule has 0 unspecified atom stereocenters. The number of nitrogens with one attached hydrogen (secondary N) is 1. The number of aromatic nitrogens is 1. The van der Waals surface area contributed by atoms with E-state index in [9.17, 15) is 18.5 Å². The molecule has 2 aromatic carbocycles. The van der Waals surface area contributed by atoms with Gasteiger partial charge in [-0.15, -0.1) is 0 Å². The zero-order valence-electron chi connectivity index (χ0n) is 14.8. The van der Waals surface area contributed by atoms with Gasteiger partial charge in [0.2, 0.25) is 10.0 Å². The van der Waals surface area contributed by atoms with Gasteiger partial charge >= 0.3 is 0 Å². The van der Waals surface area contributed by atoms with Gasteiger partial charge in [-0.25, -0.2) is 12.7 Å². The molecule has 0 saturated carbocycles. The fourth-order valence-electron chi connectivity index (χ4n) is 2.78. The van der Waals surface area contributed by atoms with Gasteiger partial charge < -0.3 is 5.32 Å². The fraction of sp³-hybridized carbons (Fsp3) is 0.167. The van der Waals surface area contributed by atoms with E-state index < -0.39 is 14.9 Å². The van der Waals surface area contributed by atoms with Crippen LogP contribution in [0.3, 0.4) is 0 Å². The van der Waals surface area contributed by atoms with Crippen molar-refractivity contribution >= 4 is 32.2 Å². The van der Waals surface area contributed by atoms with Crippen molar-refractivity contribution in [2.75, 3.05) is 19.4 Å². The quantitative estimate of drug-likeness (QED) is 0.516. The Morgan fingerprint density at radius 1 is 1.11 bits per heavy atom. The molecule has 1 aromatic heterocycles. The van der Waals surface area contributed by atoms with Gasteiger partial charge in [-0.05, 0) is 23.8 Å². The van der Waals surface area contributed by atoms with Crippen LogP contribution in [0.1, 0.15) is 5.56 Å². The van der Waals surface area contributed by atoms with Gasteiger partial charge in [-0.2, -0.15) is 0 Å². The van der Waals surface area contributed by atoms with E-state index in [2.05, 4.69) is 10.3 Å². The van der Waals surface area contributed by atoms with Crippen LogP contribution in [0.4, 0.5) is 11.4 Å². The van der Waals surface area contributed by atoms with Gasteiger partial charge in [0, 0.05) is 50.2 Å². The molecule has 0 fully saturated rings. The van der Waals surface area contributed by atoms with Gasteiger partial charge in [-0.3, -0.25) is 15.1 Å². The zero-order chi connectivity index (χ0) is 19.6. The van der Waals surface area contributed by atoms with Crippen molar-refractivity contribution in [3.05, 3.63) is 70.5 Å². The minimum absolute atomic E-state index is 0.0285. The molecule has 0 aliphatic heterocycles. The second-order valence-corrected chi connectivity index (χ2v) is 8.18. The maximum Gasteiger partial charge on any atom is 0.278 e. The molecular formula is C18H18N4O4S. The molecule has 1 N–H and O–H groups in total. The number of nitrogens with zero attached hydrogens (tertiary/aromatic N) is 3. The summed E-state index contributed by atoms with van der Waals surface area (Å²) < 4.78 is 26.2. The Bertz CT molecular complexity index is 1110. The van der Waals surface area contributed by atoms with Crippen LogP contribution in [0.15, 0.2) is 59.8 Å². The lowest BCUT2D eigenvalue weighted by Crippen LogP contribution is -2.23. The number of fused-ring (bicyclic) bond motifs is 1. The number of non-ortho nitro benzene ring substituents is 1. The van der Waals surface area contributed by atoms with Crippen LogP contribution in [0.2, 0.25) is 0 Å². The van der Waals surface area contributed by atoms with Crippen LogP contribution in [-0.4, -0.2) is 36.7 Å². The molecule has 9 heteroatoms. The van der Waals surface area contributed by atoms with Crippen LogP contribution in [0, 0.1) is 10.1 Å². The van der Waals surface area contributed by atoms with E-state index in [4.69, 9.17) is 0 Å². The predicted molar refractivity (Wildman–Crippen MR) is 103 cm³/mol. The van der Waals surface area contributed by atoms with Crippen molar-refractivity contribution in [3.63, 3.8) is 0 Å². The summed E-state index contributed by atoms with van der Waals surface area (Å²) in [5.41, 5.74) is 1.24. The molecule has 0 radical (unpaired) electrons. The molecule has 0 bridgehead atoms. The number of hydrogen-bond donors (Lipinski definition) is 1. The Balaban J connectivity index is 1.98. The van der Waals surface area contributed by atoms with E-state index in [-0.39, 0.29) is 17.1 Å². The van der Waals surface area contributed by atoms with E-state index in [1.165, 1.54) is 30.7 Å². The zero-order valence-corrected chi connectivity index (χ0v) is 15.6. The lowest BCUT2D eigenvalue weighted by Gasteiger charge is -2.16. The SMILES string of the molecule is CN(C)S(=O)(=O)c1ccccc1CNc1ccc([N+](=O)[O-])c2cnccc12. The number of anilines is 1. The molecular weight excluding hydrogens is 368 g/mol. The maximum absolute atomic E-state index is 12.5. The maximum atomic E-state index is 12.5. The van der Waals surface area contributed by atoms with Crippen LogP contribution >= 0.6 is 0 Å². The van der Waals surface area contributed by atoms with E-state index in [0.29, 0.717) is 22.0 Å². The third kappa shape index (κ3) is 3.60. The largest absolute Gasteiger partial charge is 0.380 e. The number of pyridine rings is 1. The lowest BCUT2D eigenvalue weighted by atomic mass is 10.1. The van der Waals surface area contributed by atoms with Crippen LogP contribution in [0.5, 0.6) is 0 Å². The Morgan fingerprint density at radius 3 is 2.56 bits per heavy atom. The number of hydrogen-bond acceptors (Lipinski definition) is 6. The summed E-state index contributed by atoms with van der Waals surface area (Å²) in [6, 6.07) is 11.4. The summed E-state index contributed by atoms with van der Waals surface area (Å²) in [5.74, 6) is 0. The number of sulfonamides is 1. The Kier molecular flexibility index (Phi) is 5.06. The molecule has 140 valence electrons. The molecule has 3 aromatic rings. The molecule has 0 amide bonds. The first-order chi connectivity index (χ1) is 12.8. The van der Waals surface area contributed by atoms with Crippen molar-refractivity contribution in [1.82, 2.24) is 9.29 Å². The molecule has 3 rings (SSSR count). The second-order valence-electron chi connectivity index (χ2n) is 6.06. The summed E-state index contributed by atoms with van der Waals surface area (Å²) in [4.78, 5) is 14.9. The molecule has 0 saturated heterocycles. The van der Waals surface area contributed by atoms with Crippen molar-refractivity contribution < 1.29 is 13.3 Å². The van der Waals surface area contributed by atoms with E-state index in [1.54, 1.807) is 42.6 Å². The predicted octanol–water partition coefficient (Wildman–Crippen LogP) is 3.01. The Morgan fingerprint density at radius 2 is 1.85 bits per heavy atom. The van der Waals surface area contributed by atoms with Crippen LogP contribution < -0.4 is 5.32 Å². The molecule has 0 atom stereocenters. The Hall–Kier alpha value is -3.04. The van der Waals surface area contributed by atoms with Gasteiger partial charge in [-0.1, -0.05) is 18.2 Å². The summed E-state index contributed by atoms with van der Waals surface area (Å²) in [5, 5.41) is 15.5. The number of nitro groups is 1. The topological polar surface area (TPSA) is 105 Å². The third-order valence-corrected chi connectivity index (χ3v) is 6.11. The summed E-state index contributed by atoms with van der Waals surface area (Å²) in [6.07, 6.45) is 3.00. The highest BCUT2D eigenvalue weighted by atomic mass is 32.2.